The molecule has 13 nitrogen and oxygen atoms in total. The molecule has 1 aliphatic heterocycles. The molecule has 0 unspecified atom stereocenters. The number of nitrogens with zero attached hydrogens (tertiary/aromatic N) is 1. The molecule has 1 saturated heterocycles. The molecule has 196 valence electrons. The van der Waals surface area contributed by atoms with E-state index >= 15 is 0 Å². The van der Waals surface area contributed by atoms with Gasteiger partial charge in [0.2, 0.25) is 11.8 Å². The molecule has 0 spiro atoms. The number of hydrogen-bond acceptors (Lipinski definition) is 8. The minimum absolute atomic E-state index is 0.0187. The third kappa shape index (κ3) is 11.1. The molecule has 0 aliphatic carbocycles. The van der Waals surface area contributed by atoms with Crippen LogP contribution in [0.4, 0.5) is 0 Å². The van der Waals surface area contributed by atoms with Crippen molar-refractivity contribution in [3.05, 3.63) is 0 Å². The predicted octanol–water partition coefficient (Wildman–Crippen LogP) is -0.179. The summed E-state index contributed by atoms with van der Waals surface area (Å²) in [5.41, 5.74) is 5.39. The third-order valence-electron chi connectivity index (χ3n) is 4.54. The summed E-state index contributed by atoms with van der Waals surface area (Å²) in [5, 5.41) is 24.8. The van der Waals surface area contributed by atoms with Crippen molar-refractivity contribution in [3.63, 3.8) is 0 Å². The topological polar surface area (TPSA) is 200 Å². The fourth-order valence-corrected chi connectivity index (χ4v) is 7.02. The number of halogens is 2. The van der Waals surface area contributed by atoms with Crippen LogP contribution in [0.2, 0.25) is 0 Å². The summed E-state index contributed by atoms with van der Waals surface area (Å²) in [6.45, 7) is 0.101. The zero-order valence-electron chi connectivity index (χ0n) is 18.3. The Kier molecular flexibility index (Phi) is 14.4. The number of nitrogens with two attached hydrogens (primary N) is 1. The second-order valence-corrected chi connectivity index (χ2v) is 11.3. The lowest BCUT2D eigenvalue weighted by Gasteiger charge is -2.37. The smallest absolute Gasteiger partial charge is 0.344 e. The summed E-state index contributed by atoms with van der Waals surface area (Å²) in [4.78, 5) is 46.3. The molecular weight excluding hydrogens is 536 g/mol. The van der Waals surface area contributed by atoms with Crippen molar-refractivity contribution in [2.24, 2.45) is 5.73 Å². The zero-order valence-corrected chi connectivity index (χ0v) is 21.5. The van der Waals surface area contributed by atoms with Crippen molar-refractivity contribution < 1.29 is 38.5 Å². The number of carbonyl (C=O) groups is 4. The lowest BCUT2D eigenvalue weighted by molar-refractivity contribution is -0.139. The molecule has 0 aromatic rings. The third-order valence-corrected chi connectivity index (χ3v) is 8.65. The molecule has 1 heterocycles. The molecule has 7 N–H and O–H groups in total. The van der Waals surface area contributed by atoms with Crippen LogP contribution in [-0.4, -0.2) is 99.8 Å². The molecule has 0 bridgehead atoms. The van der Waals surface area contributed by atoms with E-state index in [2.05, 4.69) is 15.7 Å². The van der Waals surface area contributed by atoms with E-state index in [0.717, 1.165) is 0 Å². The first-order valence-electron chi connectivity index (χ1n) is 10.3. The van der Waals surface area contributed by atoms with Crippen LogP contribution in [0.25, 0.3) is 0 Å². The minimum Gasteiger partial charge on any atom is -0.480 e. The summed E-state index contributed by atoms with van der Waals surface area (Å²) in [6, 6.07) is -2.35. The Morgan fingerprint density at radius 2 is 1.88 bits per heavy atom. The van der Waals surface area contributed by atoms with Crippen molar-refractivity contribution in [1.29, 1.82) is 0 Å². The number of aliphatic carboxylic acids is 2. The second-order valence-electron chi connectivity index (χ2n) is 7.14. The maximum Gasteiger partial charge on any atom is 0.344 e. The van der Waals surface area contributed by atoms with E-state index < -0.39 is 55.4 Å². The Labute approximate surface area is 211 Å². The highest BCUT2D eigenvalue weighted by molar-refractivity contribution is 8.00. The molecule has 1 aliphatic rings. The van der Waals surface area contributed by atoms with Crippen LogP contribution in [0.1, 0.15) is 19.3 Å². The van der Waals surface area contributed by atoms with Gasteiger partial charge in [0.1, 0.15) is 18.6 Å². The summed E-state index contributed by atoms with van der Waals surface area (Å²) >= 11 is 12.8. The highest BCUT2D eigenvalue weighted by atomic mass is 35.5. The van der Waals surface area contributed by atoms with Gasteiger partial charge in [0.25, 0.3) is 0 Å². The van der Waals surface area contributed by atoms with E-state index in [1.54, 1.807) is 0 Å². The van der Waals surface area contributed by atoms with E-state index in [4.69, 9.17) is 43.7 Å². The van der Waals surface area contributed by atoms with Crippen molar-refractivity contribution in [2.75, 3.05) is 43.8 Å². The van der Waals surface area contributed by atoms with Gasteiger partial charge in [-0.25, -0.2) is 9.76 Å². The van der Waals surface area contributed by atoms with Crippen LogP contribution >= 0.6 is 42.6 Å². The summed E-state index contributed by atoms with van der Waals surface area (Å²) < 4.78 is 20.3. The first-order valence-corrected chi connectivity index (χ1v) is 14.0. The van der Waals surface area contributed by atoms with Crippen molar-refractivity contribution in [1.82, 2.24) is 20.4 Å². The number of nitrogens with one attached hydrogen (secondary N) is 3. The molecular formula is C17H30Cl2N5O8PS. The molecule has 34 heavy (non-hydrogen) atoms. The van der Waals surface area contributed by atoms with Crippen LogP contribution in [0, 0.1) is 0 Å². The van der Waals surface area contributed by atoms with Crippen LogP contribution < -0.4 is 21.5 Å². The SMILES string of the molecule is N[C@@H](CCC(=O)N[C@@H](CS[C@H]1CCO[P@@](=O)(N(CCCl)CCCl)N1)C(=O)NCC(=O)O)C(=O)O. The average Bonchev–Trinajstić information content (AvgIpc) is 2.78. The van der Waals surface area contributed by atoms with Crippen molar-refractivity contribution in [2.45, 2.75) is 36.7 Å². The standard InChI is InChI=1S/C17H30Cl2N5O8PS/c18-4-6-24(7-5-19)33(31)23-14(3-8-32-33)34-10-12(16(28)21-9-15(26)27)22-13(25)2-1-11(20)17(29)30/h11-12,14H,1-10,20H2,(H,21,28)(H,22,25)(H,23,31)(H,26,27)(H,29,30)/t11-,12-,14-,33+/m0/s1. The number of amides is 2. The van der Waals surface area contributed by atoms with Crippen molar-refractivity contribution >= 4 is 66.4 Å². The van der Waals surface area contributed by atoms with Gasteiger partial charge in [-0.05, 0) is 12.8 Å². The number of carbonyl (C=O) groups excluding carboxylic acids is 2. The van der Waals surface area contributed by atoms with Gasteiger partial charge in [0, 0.05) is 37.0 Å². The molecule has 1 fully saturated rings. The first kappa shape index (κ1) is 30.9. The van der Waals surface area contributed by atoms with Gasteiger partial charge >= 0.3 is 19.6 Å². The fraction of sp³-hybridized carbons (Fsp3) is 0.765. The molecule has 0 aromatic carbocycles. The average molecular weight is 566 g/mol. The van der Waals surface area contributed by atoms with Gasteiger partial charge < -0.3 is 31.1 Å². The highest BCUT2D eigenvalue weighted by Crippen LogP contribution is 2.50. The summed E-state index contributed by atoms with van der Waals surface area (Å²) in [7, 11) is -3.42. The maximum absolute atomic E-state index is 13.2. The van der Waals surface area contributed by atoms with Gasteiger partial charge in [-0.2, -0.15) is 0 Å². The summed E-state index contributed by atoms with van der Waals surface area (Å²) in [6.07, 6.45) is 0.0754. The second kappa shape index (κ2) is 15.8. The van der Waals surface area contributed by atoms with E-state index in [0.29, 0.717) is 6.42 Å². The lowest BCUT2D eigenvalue weighted by atomic mass is 10.1. The Hall–Kier alpha value is -1.12. The summed E-state index contributed by atoms with van der Waals surface area (Å²) in [5.74, 6) is -3.41. The fourth-order valence-electron chi connectivity index (χ4n) is 2.78. The monoisotopic (exact) mass is 565 g/mol. The van der Waals surface area contributed by atoms with Gasteiger partial charge in [-0.1, -0.05) is 0 Å². The molecule has 17 heteroatoms. The molecule has 0 radical (unpaired) electrons. The minimum atomic E-state index is -3.42. The van der Waals surface area contributed by atoms with Crippen LogP contribution in [0.15, 0.2) is 0 Å². The van der Waals surface area contributed by atoms with E-state index in [1.807, 2.05) is 0 Å². The van der Waals surface area contributed by atoms with Gasteiger partial charge in [-0.15, -0.1) is 35.0 Å². The maximum atomic E-state index is 13.2. The van der Waals surface area contributed by atoms with E-state index in [9.17, 15) is 23.7 Å². The molecule has 0 aromatic heterocycles. The zero-order chi connectivity index (χ0) is 25.7. The van der Waals surface area contributed by atoms with Gasteiger partial charge in [-0.3, -0.25) is 23.7 Å². The quantitative estimate of drug-likeness (QED) is 0.107. The van der Waals surface area contributed by atoms with Crippen molar-refractivity contribution in [3.8, 4) is 0 Å². The predicted molar refractivity (Wildman–Crippen MR) is 128 cm³/mol. The number of thioether (sulfide) groups is 1. The highest BCUT2D eigenvalue weighted by Gasteiger charge is 2.38. The number of alkyl halides is 2. The Bertz CT molecular complexity index is 761. The molecule has 4 atom stereocenters. The Morgan fingerprint density at radius 3 is 2.44 bits per heavy atom. The van der Waals surface area contributed by atoms with Crippen LogP contribution in [-0.2, 0) is 28.3 Å². The number of carboxylic acid groups (broad SMARTS) is 2. The molecule has 2 amide bonds. The normalized spacial score (nSPS) is 22.1. The molecule has 1 rings (SSSR count). The lowest BCUT2D eigenvalue weighted by Crippen LogP contribution is -2.50. The first-order chi connectivity index (χ1) is 16.0. The van der Waals surface area contributed by atoms with Gasteiger partial charge in [0.05, 0.1) is 12.0 Å². The van der Waals surface area contributed by atoms with Crippen LogP contribution in [0.3, 0.4) is 0 Å². The number of hydrogen-bond donors (Lipinski definition) is 6. The number of rotatable bonds is 16. The van der Waals surface area contributed by atoms with Crippen LogP contribution in [0.5, 0.6) is 0 Å². The van der Waals surface area contributed by atoms with E-state index in [-0.39, 0.29) is 50.1 Å². The molecule has 0 saturated carbocycles. The Morgan fingerprint density at radius 1 is 1.24 bits per heavy atom. The Balaban J connectivity index is 2.79. The largest absolute Gasteiger partial charge is 0.480 e. The number of carboxylic acids is 2. The van der Waals surface area contributed by atoms with Gasteiger partial charge in [0.15, 0.2) is 0 Å². The van der Waals surface area contributed by atoms with E-state index in [1.165, 1.54) is 16.4 Å².